The molecular formula is C12H16O2. The van der Waals surface area contributed by atoms with Crippen molar-refractivity contribution in [2.75, 3.05) is 0 Å². The average molecular weight is 192 g/mol. The van der Waals surface area contributed by atoms with Gasteiger partial charge in [0, 0.05) is 18.1 Å². The summed E-state index contributed by atoms with van der Waals surface area (Å²) in [5.74, 6) is 2.11. The Morgan fingerprint density at radius 1 is 1.21 bits per heavy atom. The highest BCUT2D eigenvalue weighted by Crippen LogP contribution is 2.32. The highest BCUT2D eigenvalue weighted by atomic mass is 16.3. The maximum Gasteiger partial charge on any atom is 0.185 e. The second-order valence-corrected chi connectivity index (χ2v) is 4.14. The van der Waals surface area contributed by atoms with Gasteiger partial charge in [-0.05, 0) is 19.8 Å². The number of rotatable bonds is 1. The average Bonchev–Trinajstić information content (AvgIpc) is 2.18. The van der Waals surface area contributed by atoms with E-state index >= 15 is 0 Å². The van der Waals surface area contributed by atoms with Crippen LogP contribution in [0.4, 0.5) is 0 Å². The molecular weight excluding hydrogens is 176 g/mol. The second kappa shape index (κ2) is 3.99. The van der Waals surface area contributed by atoms with Crippen LogP contribution in [0.2, 0.25) is 0 Å². The molecule has 2 rings (SSSR count). The Kier molecular flexibility index (Phi) is 2.71. The van der Waals surface area contributed by atoms with Gasteiger partial charge in [0.1, 0.15) is 11.5 Å². The molecule has 1 aromatic heterocycles. The first kappa shape index (κ1) is 9.50. The van der Waals surface area contributed by atoms with Gasteiger partial charge in [0.25, 0.3) is 0 Å². The maximum atomic E-state index is 11.3. The minimum atomic E-state index is 0.0781. The van der Waals surface area contributed by atoms with Crippen LogP contribution in [0, 0.1) is 6.92 Å². The molecule has 1 heterocycles. The lowest BCUT2D eigenvalue weighted by Crippen LogP contribution is -2.08. The van der Waals surface area contributed by atoms with E-state index in [4.69, 9.17) is 4.42 Å². The SMILES string of the molecule is Cc1cc(=O)cc(C2CCCCC2)o1. The van der Waals surface area contributed by atoms with Gasteiger partial charge in [-0.1, -0.05) is 19.3 Å². The van der Waals surface area contributed by atoms with Gasteiger partial charge >= 0.3 is 0 Å². The summed E-state index contributed by atoms with van der Waals surface area (Å²) in [6.07, 6.45) is 6.20. The van der Waals surface area contributed by atoms with Gasteiger partial charge in [0.2, 0.25) is 0 Å². The normalized spacial score (nSPS) is 18.4. The molecule has 0 bridgehead atoms. The molecule has 1 saturated carbocycles. The molecule has 1 fully saturated rings. The van der Waals surface area contributed by atoms with Gasteiger partial charge in [-0.15, -0.1) is 0 Å². The predicted octanol–water partition coefficient (Wildman–Crippen LogP) is 3.00. The summed E-state index contributed by atoms with van der Waals surface area (Å²) in [5.41, 5.74) is 0.0781. The Hall–Kier alpha value is -1.05. The zero-order valence-electron chi connectivity index (χ0n) is 8.58. The Balaban J connectivity index is 2.26. The molecule has 0 saturated heterocycles. The first-order valence-corrected chi connectivity index (χ1v) is 5.37. The third kappa shape index (κ3) is 2.06. The summed E-state index contributed by atoms with van der Waals surface area (Å²) < 4.78 is 5.60. The summed E-state index contributed by atoms with van der Waals surface area (Å²) in [7, 11) is 0. The van der Waals surface area contributed by atoms with Gasteiger partial charge < -0.3 is 4.42 Å². The Morgan fingerprint density at radius 2 is 1.93 bits per heavy atom. The van der Waals surface area contributed by atoms with E-state index in [1.165, 1.54) is 32.1 Å². The lowest BCUT2D eigenvalue weighted by Gasteiger charge is -2.20. The molecule has 0 aromatic carbocycles. The van der Waals surface area contributed by atoms with E-state index in [-0.39, 0.29) is 5.43 Å². The van der Waals surface area contributed by atoms with Crippen LogP contribution in [-0.4, -0.2) is 0 Å². The summed E-state index contributed by atoms with van der Waals surface area (Å²) in [4.78, 5) is 11.3. The van der Waals surface area contributed by atoms with Crippen LogP contribution >= 0.6 is 0 Å². The maximum absolute atomic E-state index is 11.3. The van der Waals surface area contributed by atoms with E-state index in [2.05, 4.69) is 0 Å². The molecule has 0 radical (unpaired) electrons. The van der Waals surface area contributed by atoms with E-state index in [1.807, 2.05) is 6.92 Å². The standard InChI is InChI=1S/C12H16O2/c1-9-7-11(13)8-12(14-9)10-5-3-2-4-6-10/h7-8,10H,2-6H2,1H3. The molecule has 1 aliphatic rings. The molecule has 14 heavy (non-hydrogen) atoms. The Bertz CT molecular complexity index is 359. The summed E-state index contributed by atoms with van der Waals surface area (Å²) in [6.45, 7) is 1.84. The highest BCUT2D eigenvalue weighted by molar-refractivity contribution is 5.10. The molecule has 2 heteroatoms. The second-order valence-electron chi connectivity index (χ2n) is 4.14. The van der Waals surface area contributed by atoms with Gasteiger partial charge in [0.05, 0.1) is 0 Å². The summed E-state index contributed by atoms with van der Waals surface area (Å²) in [5, 5.41) is 0. The molecule has 1 aliphatic carbocycles. The van der Waals surface area contributed by atoms with Crippen LogP contribution in [0.1, 0.15) is 49.5 Å². The van der Waals surface area contributed by atoms with Crippen molar-refractivity contribution < 1.29 is 4.42 Å². The van der Waals surface area contributed by atoms with Crippen molar-refractivity contribution in [2.45, 2.75) is 44.9 Å². The fraction of sp³-hybridized carbons (Fsp3) is 0.583. The van der Waals surface area contributed by atoms with Crippen molar-refractivity contribution in [3.63, 3.8) is 0 Å². The number of hydrogen-bond acceptors (Lipinski definition) is 2. The third-order valence-electron chi connectivity index (χ3n) is 2.92. The lowest BCUT2D eigenvalue weighted by atomic mass is 9.87. The lowest BCUT2D eigenvalue weighted by molar-refractivity contribution is 0.357. The molecule has 0 atom stereocenters. The van der Waals surface area contributed by atoms with E-state index in [0.717, 1.165) is 11.5 Å². The minimum Gasteiger partial charge on any atom is -0.466 e. The largest absolute Gasteiger partial charge is 0.466 e. The van der Waals surface area contributed by atoms with Crippen molar-refractivity contribution in [2.24, 2.45) is 0 Å². The van der Waals surface area contributed by atoms with E-state index in [0.29, 0.717) is 5.92 Å². The van der Waals surface area contributed by atoms with Crippen LogP contribution in [0.5, 0.6) is 0 Å². The Labute approximate surface area is 83.9 Å². The van der Waals surface area contributed by atoms with E-state index < -0.39 is 0 Å². The monoisotopic (exact) mass is 192 g/mol. The minimum absolute atomic E-state index is 0.0781. The Morgan fingerprint density at radius 3 is 2.57 bits per heavy atom. The molecule has 0 spiro atoms. The molecule has 0 aliphatic heterocycles. The van der Waals surface area contributed by atoms with Crippen molar-refractivity contribution in [1.29, 1.82) is 0 Å². The summed E-state index contributed by atoms with van der Waals surface area (Å²) >= 11 is 0. The first-order chi connectivity index (χ1) is 6.75. The van der Waals surface area contributed by atoms with Crippen molar-refractivity contribution in [3.05, 3.63) is 33.9 Å². The summed E-state index contributed by atoms with van der Waals surface area (Å²) in [6, 6.07) is 3.20. The third-order valence-corrected chi connectivity index (χ3v) is 2.92. The van der Waals surface area contributed by atoms with Gasteiger partial charge in [0.15, 0.2) is 5.43 Å². The zero-order chi connectivity index (χ0) is 9.97. The van der Waals surface area contributed by atoms with Crippen molar-refractivity contribution in [1.82, 2.24) is 0 Å². The van der Waals surface area contributed by atoms with Crippen LogP contribution in [-0.2, 0) is 0 Å². The van der Waals surface area contributed by atoms with Crippen LogP contribution in [0.3, 0.4) is 0 Å². The van der Waals surface area contributed by atoms with Gasteiger partial charge in [-0.2, -0.15) is 0 Å². The van der Waals surface area contributed by atoms with Crippen LogP contribution in [0.15, 0.2) is 21.3 Å². The van der Waals surface area contributed by atoms with Crippen LogP contribution in [0.25, 0.3) is 0 Å². The topological polar surface area (TPSA) is 30.2 Å². The fourth-order valence-electron chi connectivity index (χ4n) is 2.22. The van der Waals surface area contributed by atoms with Crippen LogP contribution < -0.4 is 5.43 Å². The fourth-order valence-corrected chi connectivity index (χ4v) is 2.22. The van der Waals surface area contributed by atoms with Crippen molar-refractivity contribution >= 4 is 0 Å². The molecule has 0 N–H and O–H groups in total. The zero-order valence-corrected chi connectivity index (χ0v) is 8.58. The number of hydrogen-bond donors (Lipinski definition) is 0. The van der Waals surface area contributed by atoms with Gasteiger partial charge in [-0.3, -0.25) is 4.79 Å². The van der Waals surface area contributed by atoms with E-state index in [9.17, 15) is 4.79 Å². The number of aryl methyl sites for hydroxylation is 1. The molecule has 2 nitrogen and oxygen atoms in total. The predicted molar refractivity (Wildman–Crippen MR) is 55.5 cm³/mol. The first-order valence-electron chi connectivity index (χ1n) is 5.37. The van der Waals surface area contributed by atoms with Gasteiger partial charge in [-0.25, -0.2) is 0 Å². The molecule has 0 unspecified atom stereocenters. The van der Waals surface area contributed by atoms with E-state index in [1.54, 1.807) is 12.1 Å². The van der Waals surface area contributed by atoms with Crippen molar-refractivity contribution in [3.8, 4) is 0 Å². The highest BCUT2D eigenvalue weighted by Gasteiger charge is 2.18. The quantitative estimate of drug-likeness (QED) is 0.684. The molecule has 76 valence electrons. The molecule has 1 aromatic rings. The smallest absolute Gasteiger partial charge is 0.185 e. The molecule has 0 amide bonds.